The number of aliphatic hydroxyl groups excluding tert-OH is 4. The van der Waals surface area contributed by atoms with Gasteiger partial charge < -0.3 is 34.6 Å². The number of hydrogen-bond donors (Lipinski definition) is 4. The Kier molecular flexibility index (Phi) is 28.2. The number of rotatable bonds is 33. The van der Waals surface area contributed by atoms with Gasteiger partial charge in [-0.05, 0) is 24.7 Å². The van der Waals surface area contributed by atoms with E-state index in [0.717, 1.165) is 43.9 Å². The van der Waals surface area contributed by atoms with Gasteiger partial charge in [0.05, 0.1) is 13.2 Å². The molecule has 7 atom stereocenters. The molecule has 1 aliphatic rings. The zero-order valence-electron chi connectivity index (χ0n) is 31.6. The van der Waals surface area contributed by atoms with Gasteiger partial charge in [0, 0.05) is 13.0 Å². The van der Waals surface area contributed by atoms with Gasteiger partial charge in [-0.2, -0.15) is 0 Å². The predicted octanol–water partition coefficient (Wildman–Crippen LogP) is 8.43. The highest BCUT2D eigenvalue weighted by Crippen LogP contribution is 2.25. The van der Waals surface area contributed by atoms with Crippen LogP contribution in [0.1, 0.15) is 182 Å². The van der Waals surface area contributed by atoms with Crippen LogP contribution in [0.15, 0.2) is 0 Å². The van der Waals surface area contributed by atoms with E-state index in [4.69, 9.17) is 14.2 Å². The second-order valence-electron chi connectivity index (χ2n) is 15.3. The fraction of sp³-hybridized carbons (Fsp3) is 0.975. The summed E-state index contributed by atoms with van der Waals surface area (Å²) in [5.41, 5.74) is 0. The van der Waals surface area contributed by atoms with Gasteiger partial charge >= 0.3 is 5.97 Å². The van der Waals surface area contributed by atoms with Gasteiger partial charge in [-0.15, -0.1) is 0 Å². The van der Waals surface area contributed by atoms with Crippen LogP contribution >= 0.6 is 0 Å². The second-order valence-corrected chi connectivity index (χ2v) is 15.3. The molecule has 0 heterocycles. The van der Waals surface area contributed by atoms with Crippen LogP contribution in [0.5, 0.6) is 0 Å². The van der Waals surface area contributed by atoms with Crippen molar-refractivity contribution in [2.24, 2.45) is 11.8 Å². The van der Waals surface area contributed by atoms with Crippen LogP contribution in [0.3, 0.4) is 0 Å². The van der Waals surface area contributed by atoms with Crippen LogP contribution in [0.2, 0.25) is 0 Å². The van der Waals surface area contributed by atoms with E-state index < -0.39 is 36.6 Å². The van der Waals surface area contributed by atoms with Gasteiger partial charge in [0.15, 0.2) is 0 Å². The zero-order valence-corrected chi connectivity index (χ0v) is 31.6. The van der Waals surface area contributed by atoms with E-state index in [-0.39, 0.29) is 19.2 Å². The lowest BCUT2D eigenvalue weighted by Gasteiger charge is -2.24. The van der Waals surface area contributed by atoms with Gasteiger partial charge in [-0.3, -0.25) is 4.79 Å². The molecule has 0 aliphatic heterocycles. The molecular formula is C40H78O8. The number of carbonyl (C=O) groups is 1. The van der Waals surface area contributed by atoms with Gasteiger partial charge in [-0.1, -0.05) is 163 Å². The number of ether oxygens (including phenoxy) is 3. The summed E-state index contributed by atoms with van der Waals surface area (Å²) in [7, 11) is 0. The summed E-state index contributed by atoms with van der Waals surface area (Å²) in [5.74, 6) is 1.34. The third kappa shape index (κ3) is 22.8. The number of carbonyl (C=O) groups excluding carboxylic acids is 1. The summed E-state index contributed by atoms with van der Waals surface area (Å²) in [4.78, 5) is 12.6. The maximum Gasteiger partial charge on any atom is 0.306 e. The molecule has 0 bridgehead atoms. The average molecular weight is 687 g/mol. The molecule has 1 fully saturated rings. The molecule has 48 heavy (non-hydrogen) atoms. The summed E-state index contributed by atoms with van der Waals surface area (Å²) < 4.78 is 17.2. The Morgan fingerprint density at radius 1 is 0.562 bits per heavy atom. The Morgan fingerprint density at radius 3 is 1.54 bits per heavy atom. The van der Waals surface area contributed by atoms with Crippen LogP contribution in [0.25, 0.3) is 0 Å². The Hall–Kier alpha value is -0.770. The monoisotopic (exact) mass is 687 g/mol. The molecule has 1 rings (SSSR count). The lowest BCUT2D eigenvalue weighted by atomic mass is 9.96. The molecule has 0 aromatic rings. The molecule has 0 spiro atoms. The summed E-state index contributed by atoms with van der Waals surface area (Å²) in [6.07, 6.45) is 21.2. The fourth-order valence-corrected chi connectivity index (χ4v) is 6.69. The second kappa shape index (κ2) is 29.9. The molecule has 0 amide bonds. The van der Waals surface area contributed by atoms with Crippen molar-refractivity contribution in [1.82, 2.24) is 0 Å². The van der Waals surface area contributed by atoms with E-state index >= 15 is 0 Å². The third-order valence-electron chi connectivity index (χ3n) is 10.00. The van der Waals surface area contributed by atoms with Crippen LogP contribution in [-0.2, 0) is 19.0 Å². The van der Waals surface area contributed by atoms with Crippen molar-refractivity contribution < 1.29 is 39.4 Å². The smallest absolute Gasteiger partial charge is 0.306 e. The van der Waals surface area contributed by atoms with Gasteiger partial charge in [0.1, 0.15) is 36.6 Å². The topological polar surface area (TPSA) is 126 Å². The number of unbranched alkanes of at least 4 members (excludes halogenated alkanes) is 17. The summed E-state index contributed by atoms with van der Waals surface area (Å²) >= 11 is 0. The van der Waals surface area contributed by atoms with E-state index in [1.165, 1.54) is 116 Å². The molecule has 0 aromatic heterocycles. The lowest BCUT2D eigenvalue weighted by molar-refractivity contribution is -0.163. The quantitative estimate of drug-likeness (QED) is 0.0401. The molecule has 1 saturated carbocycles. The molecule has 0 radical (unpaired) electrons. The van der Waals surface area contributed by atoms with Crippen molar-refractivity contribution in [3.63, 3.8) is 0 Å². The molecule has 5 unspecified atom stereocenters. The minimum atomic E-state index is -1.49. The van der Waals surface area contributed by atoms with E-state index in [9.17, 15) is 25.2 Å². The van der Waals surface area contributed by atoms with Crippen LogP contribution in [0, 0.1) is 11.8 Å². The third-order valence-corrected chi connectivity index (χ3v) is 10.00. The van der Waals surface area contributed by atoms with Crippen LogP contribution < -0.4 is 0 Å². The van der Waals surface area contributed by atoms with Crippen molar-refractivity contribution in [2.45, 2.75) is 218 Å². The van der Waals surface area contributed by atoms with Crippen molar-refractivity contribution in [3.05, 3.63) is 0 Å². The molecule has 0 saturated heterocycles. The Bertz CT molecular complexity index is 720. The Morgan fingerprint density at radius 2 is 1.02 bits per heavy atom. The molecule has 8 nitrogen and oxygen atoms in total. The van der Waals surface area contributed by atoms with Gasteiger partial charge in [0.25, 0.3) is 0 Å². The predicted molar refractivity (Wildman–Crippen MR) is 195 cm³/mol. The van der Waals surface area contributed by atoms with E-state index in [2.05, 4.69) is 27.7 Å². The molecule has 1 aliphatic carbocycles. The average Bonchev–Trinajstić information content (AvgIpc) is 3.24. The first kappa shape index (κ1) is 45.3. The van der Waals surface area contributed by atoms with Crippen molar-refractivity contribution in [2.75, 3.05) is 19.8 Å². The van der Waals surface area contributed by atoms with Gasteiger partial charge in [0.2, 0.25) is 0 Å². The largest absolute Gasteiger partial charge is 0.457 e. The highest BCUT2D eigenvalue weighted by molar-refractivity contribution is 5.69. The number of esters is 1. The van der Waals surface area contributed by atoms with Crippen molar-refractivity contribution >= 4 is 5.97 Å². The zero-order chi connectivity index (χ0) is 35.4. The van der Waals surface area contributed by atoms with Crippen LogP contribution in [0.4, 0.5) is 0 Å². The Balaban J connectivity index is 2.24. The minimum absolute atomic E-state index is 0.0987. The Labute approximate surface area is 295 Å². The minimum Gasteiger partial charge on any atom is -0.457 e. The molecule has 4 N–H and O–H groups in total. The standard InChI is InChI=1S/C40H78O8/c1-5-6-7-21-26-33(4)27-22-17-13-11-15-19-24-29-46-30-34(31-47-40-38(44)36(42)37(43)39(40)45)48-35(41)28-23-18-14-10-8-9-12-16-20-25-32(2)3/h32-34,36-40,42-45H,5-31H2,1-4H3/t33?,34-,36+,37?,38?,39?,40?/m0/s1. The highest BCUT2D eigenvalue weighted by Gasteiger charge is 2.49. The summed E-state index contributed by atoms with van der Waals surface area (Å²) in [6.45, 7) is 9.85. The normalized spacial score (nSPS) is 22.4. The van der Waals surface area contributed by atoms with E-state index in [1.807, 2.05) is 0 Å². The maximum atomic E-state index is 12.6. The fourth-order valence-electron chi connectivity index (χ4n) is 6.69. The van der Waals surface area contributed by atoms with Crippen LogP contribution in [-0.4, -0.2) is 82.8 Å². The first-order valence-electron chi connectivity index (χ1n) is 20.3. The molecule has 0 aromatic carbocycles. The SMILES string of the molecule is CCCCCCC(C)CCCCCCCCCOC[C@@H](COC1C(O)C(O)[C@@H](O)C1O)OC(=O)CCCCCCCCCCCC(C)C. The molecule has 286 valence electrons. The lowest BCUT2D eigenvalue weighted by Crippen LogP contribution is -2.39. The first-order chi connectivity index (χ1) is 23.2. The number of aliphatic hydroxyl groups is 4. The van der Waals surface area contributed by atoms with E-state index in [0.29, 0.717) is 13.0 Å². The summed E-state index contributed by atoms with van der Waals surface area (Å²) in [6, 6.07) is 0. The first-order valence-corrected chi connectivity index (χ1v) is 20.3. The highest BCUT2D eigenvalue weighted by atomic mass is 16.6. The molecule has 8 heteroatoms. The van der Waals surface area contributed by atoms with Crippen molar-refractivity contribution in [1.29, 1.82) is 0 Å². The molecular weight excluding hydrogens is 608 g/mol. The van der Waals surface area contributed by atoms with E-state index in [1.54, 1.807) is 0 Å². The maximum absolute atomic E-state index is 12.6. The van der Waals surface area contributed by atoms with Gasteiger partial charge in [-0.25, -0.2) is 0 Å². The van der Waals surface area contributed by atoms with Crippen molar-refractivity contribution in [3.8, 4) is 0 Å². The number of hydrogen-bond acceptors (Lipinski definition) is 8. The summed E-state index contributed by atoms with van der Waals surface area (Å²) in [5, 5.41) is 40.1.